The number of hydrogen-bond acceptors (Lipinski definition) is 0. The van der Waals surface area contributed by atoms with Crippen LogP contribution < -0.4 is 0 Å². The minimum atomic E-state index is 1.32. The first-order valence-corrected chi connectivity index (χ1v) is 9.30. The molecule has 0 fully saturated rings. The molecule has 0 aliphatic heterocycles. The van der Waals surface area contributed by atoms with E-state index in [1.54, 1.807) is 0 Å². The third kappa shape index (κ3) is 1.96. The van der Waals surface area contributed by atoms with Crippen LogP contribution in [0.4, 0.5) is 0 Å². The van der Waals surface area contributed by atoms with Gasteiger partial charge in [0.1, 0.15) is 0 Å². The molecule has 0 heterocycles. The summed E-state index contributed by atoms with van der Waals surface area (Å²) in [6.45, 7) is 8.87. The van der Waals surface area contributed by atoms with Crippen LogP contribution in [0.25, 0.3) is 44.2 Å². The molecule has 126 valence electrons. The maximum atomic E-state index is 2.39. The molecule has 4 aromatic carbocycles. The fourth-order valence-corrected chi connectivity index (χ4v) is 4.63. The van der Waals surface area contributed by atoms with E-state index in [0.717, 1.165) is 0 Å². The molecule has 0 unspecified atom stereocenters. The molecule has 0 saturated heterocycles. The van der Waals surface area contributed by atoms with Crippen LogP contribution in [0.15, 0.2) is 60.7 Å². The molecule has 0 spiro atoms. The summed E-state index contributed by atoms with van der Waals surface area (Å²) < 4.78 is 0. The zero-order valence-corrected chi connectivity index (χ0v) is 15.8. The first-order valence-electron chi connectivity index (χ1n) is 9.30. The van der Waals surface area contributed by atoms with E-state index < -0.39 is 0 Å². The van der Waals surface area contributed by atoms with Crippen molar-refractivity contribution in [2.75, 3.05) is 0 Å². The predicted octanol–water partition coefficient (Wildman–Crippen LogP) is 7.39. The summed E-state index contributed by atoms with van der Waals surface area (Å²) >= 11 is 0. The minimum absolute atomic E-state index is 1.32. The maximum Gasteiger partial charge on any atom is -0.00235 e. The van der Waals surface area contributed by atoms with E-state index in [0.29, 0.717) is 0 Å². The van der Waals surface area contributed by atoms with Crippen molar-refractivity contribution in [3.63, 3.8) is 0 Å². The van der Waals surface area contributed by atoms with Crippen LogP contribution in [-0.4, -0.2) is 0 Å². The van der Waals surface area contributed by atoms with Gasteiger partial charge in [0, 0.05) is 0 Å². The van der Waals surface area contributed by atoms with E-state index in [1.807, 2.05) is 0 Å². The fraction of sp³-hybridized carbons (Fsp3) is 0.154. The Balaban J connectivity index is 1.83. The summed E-state index contributed by atoms with van der Waals surface area (Å²) in [5.41, 5.74) is 13.6. The van der Waals surface area contributed by atoms with Gasteiger partial charge in [-0.05, 0) is 100 Å². The van der Waals surface area contributed by atoms with Crippen LogP contribution in [0, 0.1) is 27.7 Å². The first kappa shape index (κ1) is 15.4. The number of fused-ring (bicyclic) bond motifs is 3. The van der Waals surface area contributed by atoms with Gasteiger partial charge in [-0.1, -0.05) is 54.6 Å². The quantitative estimate of drug-likeness (QED) is 0.300. The van der Waals surface area contributed by atoms with E-state index >= 15 is 0 Å². The van der Waals surface area contributed by atoms with E-state index in [1.165, 1.54) is 66.4 Å². The van der Waals surface area contributed by atoms with Crippen LogP contribution in [0.3, 0.4) is 0 Å². The molecule has 0 N–H and O–H groups in total. The molecule has 0 amide bonds. The maximum absolute atomic E-state index is 2.39. The zero-order valence-electron chi connectivity index (χ0n) is 15.8. The lowest BCUT2D eigenvalue weighted by Gasteiger charge is -2.12. The number of hydrogen-bond donors (Lipinski definition) is 0. The average Bonchev–Trinajstić information content (AvgIpc) is 2.94. The van der Waals surface area contributed by atoms with Crippen molar-refractivity contribution in [1.29, 1.82) is 0 Å². The van der Waals surface area contributed by atoms with Gasteiger partial charge in [-0.25, -0.2) is 0 Å². The van der Waals surface area contributed by atoms with Gasteiger partial charge in [0.15, 0.2) is 0 Å². The molecule has 0 radical (unpaired) electrons. The monoisotopic (exact) mass is 334 g/mol. The molecule has 0 atom stereocenters. The standard InChI is InChI=1S/C26H22/c1-15-7-5-8-16(2)25(15)19-11-12-21-23(14-19)22-10-6-9-20-18(4)17(3)13-24(21)26(20)22/h5-14H,1-4H3. The zero-order chi connectivity index (χ0) is 18.0. The third-order valence-electron chi connectivity index (χ3n) is 6.06. The molecule has 1 aliphatic rings. The Morgan fingerprint density at radius 1 is 0.538 bits per heavy atom. The van der Waals surface area contributed by atoms with Crippen molar-refractivity contribution in [2.24, 2.45) is 0 Å². The molecule has 0 heteroatoms. The largest absolute Gasteiger partial charge is 0.0617 e. The van der Waals surface area contributed by atoms with Gasteiger partial charge in [-0.2, -0.15) is 0 Å². The smallest absolute Gasteiger partial charge is 0.00235 e. The highest BCUT2D eigenvalue weighted by atomic mass is 14.3. The molecule has 26 heavy (non-hydrogen) atoms. The molecule has 4 aromatic rings. The van der Waals surface area contributed by atoms with Crippen LogP contribution in [0.5, 0.6) is 0 Å². The Labute approximate surface area is 155 Å². The van der Waals surface area contributed by atoms with Crippen LogP contribution in [-0.2, 0) is 0 Å². The molecule has 0 aromatic heterocycles. The predicted molar refractivity (Wildman–Crippen MR) is 113 cm³/mol. The molecular weight excluding hydrogens is 312 g/mol. The Bertz CT molecular complexity index is 1190. The molecule has 0 bridgehead atoms. The lowest BCUT2D eigenvalue weighted by atomic mass is 9.92. The van der Waals surface area contributed by atoms with Crippen molar-refractivity contribution in [1.82, 2.24) is 0 Å². The Hall–Kier alpha value is -2.86. The van der Waals surface area contributed by atoms with E-state index in [2.05, 4.69) is 88.4 Å². The molecule has 5 rings (SSSR count). The summed E-state index contributed by atoms with van der Waals surface area (Å²) in [6.07, 6.45) is 0. The molecule has 0 saturated carbocycles. The van der Waals surface area contributed by atoms with Gasteiger partial charge >= 0.3 is 0 Å². The topological polar surface area (TPSA) is 0 Å². The minimum Gasteiger partial charge on any atom is -0.0617 e. The van der Waals surface area contributed by atoms with Crippen molar-refractivity contribution >= 4 is 10.8 Å². The summed E-state index contributed by atoms with van der Waals surface area (Å²) in [7, 11) is 0. The third-order valence-corrected chi connectivity index (χ3v) is 6.06. The lowest BCUT2D eigenvalue weighted by Crippen LogP contribution is -1.88. The SMILES string of the molecule is Cc1cccc(C)c1-c1ccc2c(c1)-c1cccc3c(C)c(C)cc-2c13. The Morgan fingerprint density at radius 2 is 1.27 bits per heavy atom. The molecular formula is C26H22. The van der Waals surface area contributed by atoms with Crippen molar-refractivity contribution in [3.8, 4) is 33.4 Å². The van der Waals surface area contributed by atoms with Gasteiger partial charge in [0.25, 0.3) is 0 Å². The lowest BCUT2D eigenvalue weighted by molar-refractivity contribution is 1.38. The Kier molecular flexibility index (Phi) is 3.15. The van der Waals surface area contributed by atoms with E-state index in [-0.39, 0.29) is 0 Å². The van der Waals surface area contributed by atoms with Crippen molar-refractivity contribution < 1.29 is 0 Å². The first-order chi connectivity index (χ1) is 12.6. The summed E-state index contributed by atoms with van der Waals surface area (Å²) in [6, 6.07) is 22.7. The van der Waals surface area contributed by atoms with Crippen molar-refractivity contribution in [2.45, 2.75) is 27.7 Å². The molecule has 0 nitrogen and oxygen atoms in total. The normalized spacial score (nSPS) is 11.8. The highest BCUT2D eigenvalue weighted by Gasteiger charge is 2.23. The summed E-state index contributed by atoms with van der Waals surface area (Å²) in [5.74, 6) is 0. The van der Waals surface area contributed by atoms with Crippen molar-refractivity contribution in [3.05, 3.63) is 82.9 Å². The summed E-state index contributed by atoms with van der Waals surface area (Å²) in [4.78, 5) is 0. The number of aryl methyl sites for hydroxylation is 4. The Morgan fingerprint density at radius 3 is 2.04 bits per heavy atom. The highest BCUT2D eigenvalue weighted by molar-refractivity contribution is 6.16. The number of rotatable bonds is 1. The van der Waals surface area contributed by atoms with E-state index in [4.69, 9.17) is 0 Å². The number of benzene rings is 4. The second-order valence-corrected chi connectivity index (χ2v) is 7.62. The second kappa shape index (κ2) is 5.32. The molecule has 1 aliphatic carbocycles. The fourth-order valence-electron chi connectivity index (χ4n) is 4.63. The van der Waals surface area contributed by atoms with Gasteiger partial charge < -0.3 is 0 Å². The van der Waals surface area contributed by atoms with Gasteiger partial charge in [-0.3, -0.25) is 0 Å². The van der Waals surface area contributed by atoms with Crippen LogP contribution in [0.2, 0.25) is 0 Å². The van der Waals surface area contributed by atoms with Gasteiger partial charge in [0.05, 0.1) is 0 Å². The summed E-state index contributed by atoms with van der Waals surface area (Å²) in [5, 5.41) is 2.81. The highest BCUT2D eigenvalue weighted by Crippen LogP contribution is 2.49. The average molecular weight is 334 g/mol. The van der Waals surface area contributed by atoms with Crippen LogP contribution in [0.1, 0.15) is 22.3 Å². The second-order valence-electron chi connectivity index (χ2n) is 7.62. The van der Waals surface area contributed by atoms with Gasteiger partial charge in [-0.15, -0.1) is 0 Å². The van der Waals surface area contributed by atoms with E-state index in [9.17, 15) is 0 Å². The van der Waals surface area contributed by atoms with Gasteiger partial charge in [0.2, 0.25) is 0 Å². The van der Waals surface area contributed by atoms with Crippen LogP contribution >= 0.6 is 0 Å².